The molecular formula is C45H79NO7P+. The van der Waals surface area contributed by atoms with E-state index >= 15 is 0 Å². The molecule has 0 amide bonds. The number of rotatable bonds is 37. The van der Waals surface area contributed by atoms with Gasteiger partial charge in [0.25, 0.3) is 0 Å². The Morgan fingerprint density at radius 1 is 0.593 bits per heavy atom. The summed E-state index contributed by atoms with van der Waals surface area (Å²) in [7, 11) is 1.59. The predicted molar refractivity (Wildman–Crippen MR) is 228 cm³/mol. The quantitative estimate of drug-likeness (QED) is 0.0221. The molecule has 0 saturated carbocycles. The van der Waals surface area contributed by atoms with Crippen LogP contribution in [0.3, 0.4) is 0 Å². The van der Waals surface area contributed by atoms with Gasteiger partial charge in [-0.3, -0.25) is 13.8 Å². The maximum Gasteiger partial charge on any atom is 0.472 e. The summed E-state index contributed by atoms with van der Waals surface area (Å²) in [6.45, 7) is 5.30. The number of hydrogen-bond acceptors (Lipinski definition) is 6. The van der Waals surface area contributed by atoms with Crippen LogP contribution in [0.25, 0.3) is 0 Å². The lowest BCUT2D eigenvalue weighted by Gasteiger charge is -2.24. The van der Waals surface area contributed by atoms with E-state index in [1.54, 1.807) is 6.08 Å². The molecule has 0 heterocycles. The Balaban J connectivity index is 4.43. The van der Waals surface area contributed by atoms with Crippen LogP contribution in [0.2, 0.25) is 0 Å². The summed E-state index contributed by atoms with van der Waals surface area (Å²) >= 11 is 0. The Morgan fingerprint density at radius 2 is 1.07 bits per heavy atom. The van der Waals surface area contributed by atoms with Gasteiger partial charge in [0, 0.05) is 6.61 Å². The van der Waals surface area contributed by atoms with Crippen molar-refractivity contribution in [3.8, 4) is 0 Å². The minimum absolute atomic E-state index is 0.0654. The minimum Gasteiger partial charge on any atom is -0.457 e. The average molecular weight is 777 g/mol. The molecule has 8 nitrogen and oxygen atoms in total. The molecule has 310 valence electrons. The first kappa shape index (κ1) is 51.7. The lowest BCUT2D eigenvalue weighted by molar-refractivity contribution is -0.870. The number of phosphoric ester groups is 1. The maximum absolute atomic E-state index is 12.6. The van der Waals surface area contributed by atoms with E-state index in [1.807, 2.05) is 27.2 Å². The highest BCUT2D eigenvalue weighted by molar-refractivity contribution is 7.47. The van der Waals surface area contributed by atoms with Gasteiger partial charge in [-0.15, -0.1) is 0 Å². The van der Waals surface area contributed by atoms with Crippen LogP contribution in [0.5, 0.6) is 0 Å². The topological polar surface area (TPSA) is 91.3 Å². The van der Waals surface area contributed by atoms with Crippen LogP contribution >= 0.6 is 7.82 Å². The van der Waals surface area contributed by atoms with Crippen LogP contribution in [0.1, 0.15) is 136 Å². The SMILES string of the molecule is CC/C=C\C/C=C\C/C=C\C/C=C\C/C=C\CC(=O)OC(COCCCCCCCC/C=C\C/C=C\CCCCCC)COP(=O)(O)OCC[N+](C)(C)C. The molecule has 0 aliphatic carbocycles. The van der Waals surface area contributed by atoms with Gasteiger partial charge < -0.3 is 18.9 Å². The second-order valence-corrected chi connectivity index (χ2v) is 16.1. The highest BCUT2D eigenvalue weighted by Crippen LogP contribution is 2.43. The van der Waals surface area contributed by atoms with Gasteiger partial charge in [-0.25, -0.2) is 4.57 Å². The fraction of sp³-hybridized carbons (Fsp3) is 0.667. The van der Waals surface area contributed by atoms with Crippen molar-refractivity contribution in [1.82, 2.24) is 0 Å². The molecule has 0 saturated heterocycles. The number of unbranched alkanes of at least 4 members (excludes halogenated alkanes) is 10. The van der Waals surface area contributed by atoms with Gasteiger partial charge >= 0.3 is 13.8 Å². The Bertz CT molecular complexity index is 1130. The van der Waals surface area contributed by atoms with Gasteiger partial charge in [-0.2, -0.15) is 0 Å². The summed E-state index contributed by atoms with van der Waals surface area (Å²) in [4.78, 5) is 22.8. The number of carbonyl (C=O) groups excluding carboxylic acids is 1. The van der Waals surface area contributed by atoms with Crippen molar-refractivity contribution in [3.05, 3.63) is 85.1 Å². The van der Waals surface area contributed by atoms with Gasteiger partial charge in [0.1, 0.15) is 19.3 Å². The third-order valence-electron chi connectivity index (χ3n) is 8.22. The molecule has 0 bridgehead atoms. The van der Waals surface area contributed by atoms with Crippen molar-refractivity contribution in [2.45, 2.75) is 142 Å². The third-order valence-corrected chi connectivity index (χ3v) is 9.21. The van der Waals surface area contributed by atoms with Crippen LogP contribution in [0.15, 0.2) is 85.1 Å². The fourth-order valence-electron chi connectivity index (χ4n) is 5.01. The van der Waals surface area contributed by atoms with E-state index in [-0.39, 0.29) is 26.2 Å². The molecule has 0 fully saturated rings. The summed E-state index contributed by atoms with van der Waals surface area (Å²) in [5.41, 5.74) is 0. The smallest absolute Gasteiger partial charge is 0.457 e. The number of phosphoric acid groups is 1. The van der Waals surface area contributed by atoms with Gasteiger partial charge in [0.15, 0.2) is 0 Å². The summed E-state index contributed by atoms with van der Waals surface area (Å²) in [6, 6.07) is 0. The third kappa shape index (κ3) is 40.9. The van der Waals surface area contributed by atoms with Gasteiger partial charge in [-0.1, -0.05) is 144 Å². The lowest BCUT2D eigenvalue weighted by atomic mass is 10.1. The Labute approximate surface area is 331 Å². The molecule has 0 radical (unpaired) electrons. The molecule has 1 N–H and O–H groups in total. The van der Waals surface area contributed by atoms with E-state index in [0.717, 1.165) is 57.8 Å². The first-order valence-electron chi connectivity index (χ1n) is 20.8. The summed E-state index contributed by atoms with van der Waals surface area (Å²) in [5.74, 6) is -0.448. The molecule has 54 heavy (non-hydrogen) atoms. The standard InChI is InChI=1S/C45H78NO7P/c1-6-8-10-12-14-16-18-20-22-23-25-27-29-31-33-35-37-40-50-42-44(43-52-54(48,49)51-41-39-46(3,4)5)53-45(47)38-36-34-32-30-28-26-24-21-19-17-15-13-11-9-7-2/h9,11,15-18,21-24,28,30,34,36,44H,6-8,10,12-14,19-20,25-27,29,31-33,35,37-43H2,1-5H3/p+1/b11-9-,17-15-,18-16-,23-22-,24-21-,30-28-,36-34-. The number of likely N-dealkylation sites (N-methyl/N-ethyl adjacent to an activating group) is 1. The number of ether oxygens (including phenoxy) is 2. The fourth-order valence-corrected chi connectivity index (χ4v) is 5.75. The molecule has 0 aromatic carbocycles. The van der Waals surface area contributed by atoms with Crippen molar-refractivity contribution >= 4 is 13.8 Å². The zero-order chi connectivity index (χ0) is 39.9. The van der Waals surface area contributed by atoms with Gasteiger partial charge in [-0.05, 0) is 70.6 Å². The number of allylic oxidation sites excluding steroid dienone is 13. The van der Waals surface area contributed by atoms with Crippen LogP contribution < -0.4 is 0 Å². The normalized spacial score (nSPS) is 14.7. The number of nitrogens with zero attached hydrogens (tertiary/aromatic N) is 1. The van der Waals surface area contributed by atoms with E-state index in [0.29, 0.717) is 24.1 Å². The number of carbonyl (C=O) groups is 1. The molecule has 2 atom stereocenters. The average Bonchev–Trinajstić information content (AvgIpc) is 3.12. The molecular weight excluding hydrogens is 697 g/mol. The summed E-state index contributed by atoms with van der Waals surface area (Å²) in [5, 5.41) is 0. The molecule has 0 aliphatic heterocycles. The van der Waals surface area contributed by atoms with Gasteiger partial charge in [0.2, 0.25) is 0 Å². The van der Waals surface area contributed by atoms with E-state index in [1.165, 1.54) is 51.4 Å². The van der Waals surface area contributed by atoms with Crippen LogP contribution in [0.4, 0.5) is 0 Å². The van der Waals surface area contributed by atoms with Crippen LogP contribution in [-0.4, -0.2) is 75.6 Å². The molecule has 0 aromatic heterocycles. The van der Waals surface area contributed by atoms with E-state index in [4.69, 9.17) is 18.5 Å². The molecule has 9 heteroatoms. The summed E-state index contributed by atoms with van der Waals surface area (Å²) in [6.07, 6.45) is 49.3. The molecule has 0 aromatic rings. The van der Waals surface area contributed by atoms with E-state index in [2.05, 4.69) is 86.8 Å². The lowest BCUT2D eigenvalue weighted by Crippen LogP contribution is -2.37. The van der Waals surface area contributed by atoms with Crippen molar-refractivity contribution in [2.75, 3.05) is 54.1 Å². The highest BCUT2D eigenvalue weighted by atomic mass is 31.2. The second-order valence-electron chi connectivity index (χ2n) is 14.6. The summed E-state index contributed by atoms with van der Waals surface area (Å²) < 4.78 is 34.8. The molecule has 2 unspecified atom stereocenters. The molecule has 0 spiro atoms. The van der Waals surface area contributed by atoms with Crippen molar-refractivity contribution in [3.63, 3.8) is 0 Å². The maximum atomic E-state index is 12.6. The van der Waals surface area contributed by atoms with Crippen molar-refractivity contribution in [2.24, 2.45) is 0 Å². The van der Waals surface area contributed by atoms with Gasteiger partial charge in [0.05, 0.1) is 40.8 Å². The first-order chi connectivity index (χ1) is 26.1. The minimum atomic E-state index is -4.31. The van der Waals surface area contributed by atoms with Crippen molar-refractivity contribution in [1.29, 1.82) is 0 Å². The largest absolute Gasteiger partial charge is 0.472 e. The Morgan fingerprint density at radius 3 is 1.61 bits per heavy atom. The van der Waals surface area contributed by atoms with Crippen LogP contribution in [-0.2, 0) is 27.9 Å². The Hall–Kier alpha value is -2.32. The number of quaternary nitrogens is 1. The van der Waals surface area contributed by atoms with E-state index < -0.39 is 19.9 Å². The molecule has 0 rings (SSSR count). The molecule has 0 aliphatic rings. The van der Waals surface area contributed by atoms with Crippen molar-refractivity contribution < 1.29 is 37.3 Å². The van der Waals surface area contributed by atoms with Crippen LogP contribution in [0, 0.1) is 0 Å². The predicted octanol–water partition coefficient (Wildman–Crippen LogP) is 12.1. The first-order valence-corrected chi connectivity index (χ1v) is 22.3. The number of hydrogen-bond donors (Lipinski definition) is 1. The zero-order valence-electron chi connectivity index (χ0n) is 34.9. The Kier molecular flexibility index (Phi) is 36.0. The highest BCUT2D eigenvalue weighted by Gasteiger charge is 2.26. The monoisotopic (exact) mass is 777 g/mol. The zero-order valence-corrected chi connectivity index (χ0v) is 35.8. The second kappa shape index (κ2) is 37.6. The van der Waals surface area contributed by atoms with E-state index in [9.17, 15) is 14.3 Å². The number of esters is 1.